The first kappa shape index (κ1) is 29.1. The predicted molar refractivity (Wildman–Crippen MR) is 149 cm³/mol. The van der Waals surface area contributed by atoms with Gasteiger partial charge in [0.05, 0.1) is 29.1 Å². The van der Waals surface area contributed by atoms with Crippen molar-refractivity contribution in [2.24, 2.45) is 10.2 Å². The van der Waals surface area contributed by atoms with Crippen LogP contribution < -0.4 is 42.5 Å². The van der Waals surface area contributed by atoms with Crippen molar-refractivity contribution >= 4 is 43.0 Å². The molecule has 0 amide bonds. The molecule has 212 valence electrons. The zero-order chi connectivity index (χ0) is 29.8. The molecule has 0 heterocycles. The quantitative estimate of drug-likeness (QED) is 0.136. The number of nitrogens with zero attached hydrogens (tertiary/aromatic N) is 2. The van der Waals surface area contributed by atoms with Gasteiger partial charge in [0, 0.05) is 5.69 Å². The van der Waals surface area contributed by atoms with E-state index in [-0.39, 0.29) is 27.3 Å². The molecule has 0 saturated heterocycles. The molecule has 0 aliphatic rings. The number of hydrogen-bond acceptors (Lipinski definition) is 12. The molecule has 4 aromatic carbocycles. The third-order valence-electron chi connectivity index (χ3n) is 5.46. The normalized spacial score (nSPS) is 12.7. The van der Waals surface area contributed by atoms with Gasteiger partial charge < -0.3 is 10.1 Å². The van der Waals surface area contributed by atoms with Crippen molar-refractivity contribution in [1.29, 1.82) is 0 Å². The maximum absolute atomic E-state index is 12.8. The average molecular weight is 600 g/mol. The molecule has 0 fully saturated rings. The highest BCUT2D eigenvalue weighted by molar-refractivity contribution is 7.86. The molecule has 16 heteroatoms. The lowest BCUT2D eigenvalue weighted by Crippen LogP contribution is -2.47. The van der Waals surface area contributed by atoms with Crippen molar-refractivity contribution in [2.45, 2.75) is 9.79 Å². The molecule has 0 unspecified atom stereocenters. The smallest absolute Gasteiger partial charge is 0.296 e. The summed E-state index contributed by atoms with van der Waals surface area (Å²) in [5, 5.41) is 9.86. The van der Waals surface area contributed by atoms with Crippen molar-refractivity contribution in [3.05, 3.63) is 110 Å². The lowest BCUT2D eigenvalue weighted by Gasteiger charge is -2.12. The van der Waals surface area contributed by atoms with E-state index in [0.29, 0.717) is 11.4 Å². The van der Waals surface area contributed by atoms with E-state index < -0.39 is 41.3 Å². The van der Waals surface area contributed by atoms with Crippen LogP contribution in [-0.2, 0) is 20.2 Å². The van der Waals surface area contributed by atoms with Crippen molar-refractivity contribution in [1.82, 2.24) is 0 Å². The molecule has 14 nitrogen and oxygen atoms in total. The van der Waals surface area contributed by atoms with E-state index in [9.17, 15) is 31.0 Å². The van der Waals surface area contributed by atoms with E-state index in [1.54, 1.807) is 24.3 Å². The second-order valence-corrected chi connectivity index (χ2v) is 11.1. The standard InChI is InChI=1S/C25H21N5O9S2/c1-39-18-7-2-15(3-8-18)26-20-11-6-17(14-23(20)41(36,37)38)28-29-21-12-13-22(31)24(25(21)32)30-27-16-4-9-19(10-5-16)40(33,34)35/h2-14,26-28H,1H3,(H,33,34,35)(H,36,37,38). The fraction of sp³-hybridized carbons (Fsp3) is 0.0400. The van der Waals surface area contributed by atoms with Crippen LogP contribution >= 0.6 is 0 Å². The first-order valence-electron chi connectivity index (χ1n) is 11.4. The van der Waals surface area contributed by atoms with Crippen molar-refractivity contribution in [3.63, 3.8) is 0 Å². The highest BCUT2D eigenvalue weighted by Gasteiger charge is 2.17. The number of nitrogens with one attached hydrogen (secondary N) is 3. The molecule has 4 rings (SSSR count). The van der Waals surface area contributed by atoms with E-state index >= 15 is 0 Å². The number of benzene rings is 4. The molecule has 0 spiro atoms. The number of hydrogen-bond donors (Lipinski definition) is 5. The Morgan fingerprint density at radius 2 is 1.32 bits per heavy atom. The molecule has 41 heavy (non-hydrogen) atoms. The van der Waals surface area contributed by atoms with Gasteiger partial charge in [-0.1, -0.05) is 0 Å². The van der Waals surface area contributed by atoms with Gasteiger partial charge >= 0.3 is 0 Å². The van der Waals surface area contributed by atoms with E-state index in [1.165, 1.54) is 31.4 Å². The first-order chi connectivity index (χ1) is 19.3. The van der Waals surface area contributed by atoms with Gasteiger partial charge in [-0.3, -0.25) is 29.5 Å². The topological polar surface area (TPSA) is 213 Å². The number of ether oxygens (including phenoxy) is 1. The second-order valence-electron chi connectivity index (χ2n) is 8.25. The molecule has 0 bridgehead atoms. The van der Waals surface area contributed by atoms with Gasteiger partial charge in [0.2, 0.25) is 10.9 Å². The summed E-state index contributed by atoms with van der Waals surface area (Å²) in [7, 11) is -7.57. The van der Waals surface area contributed by atoms with Crippen LogP contribution in [0.15, 0.2) is 108 Å². The predicted octanol–water partition coefficient (Wildman–Crippen LogP) is 1.38. The van der Waals surface area contributed by atoms with Crippen LogP contribution in [0.4, 0.5) is 22.7 Å². The summed E-state index contributed by atoms with van der Waals surface area (Å²) in [5.41, 5.74) is 4.30. The first-order valence-corrected chi connectivity index (χ1v) is 14.3. The fourth-order valence-corrected chi connectivity index (χ4v) is 4.57. The monoisotopic (exact) mass is 599 g/mol. The maximum atomic E-state index is 12.8. The number of anilines is 4. The Labute approximate surface area is 232 Å². The minimum atomic E-state index is -4.68. The zero-order valence-corrected chi connectivity index (χ0v) is 22.6. The van der Waals surface area contributed by atoms with Gasteiger partial charge in [0.15, 0.2) is 5.36 Å². The summed E-state index contributed by atoms with van der Waals surface area (Å²) in [5.74, 6) is 0.593. The van der Waals surface area contributed by atoms with Crippen LogP contribution in [0.25, 0.3) is 0 Å². The van der Waals surface area contributed by atoms with E-state index in [0.717, 1.165) is 30.3 Å². The Morgan fingerprint density at radius 1 is 0.707 bits per heavy atom. The maximum Gasteiger partial charge on any atom is 0.296 e. The van der Waals surface area contributed by atoms with Gasteiger partial charge in [0.1, 0.15) is 16.0 Å². The Morgan fingerprint density at radius 3 is 1.93 bits per heavy atom. The van der Waals surface area contributed by atoms with Gasteiger partial charge in [-0.2, -0.15) is 27.0 Å². The third-order valence-corrected chi connectivity index (χ3v) is 7.22. The second kappa shape index (κ2) is 11.7. The minimum absolute atomic E-state index is 0.0696. The summed E-state index contributed by atoms with van der Waals surface area (Å²) < 4.78 is 70.3. The minimum Gasteiger partial charge on any atom is -0.497 e. The van der Waals surface area contributed by atoms with Gasteiger partial charge in [-0.25, -0.2) is 0 Å². The molecule has 0 aliphatic heterocycles. The molecule has 0 saturated carbocycles. The SMILES string of the molecule is COc1ccc(Nc2ccc(NN=c3ccc(=O)c(=NNc4ccc(S(=O)(=O)O)cc4)c3=O)cc2S(=O)(=O)O)cc1. The Kier molecular flexibility index (Phi) is 8.29. The molecular formula is C25H21N5O9S2. The largest absolute Gasteiger partial charge is 0.497 e. The lowest BCUT2D eigenvalue weighted by molar-refractivity contribution is 0.415. The summed E-state index contributed by atoms with van der Waals surface area (Å²) in [6.45, 7) is 0. The number of rotatable bonds is 9. The third kappa shape index (κ3) is 7.20. The van der Waals surface area contributed by atoms with Crippen LogP contribution in [0, 0.1) is 0 Å². The van der Waals surface area contributed by atoms with Crippen molar-refractivity contribution < 1.29 is 30.7 Å². The molecular weight excluding hydrogens is 578 g/mol. The van der Waals surface area contributed by atoms with Crippen LogP contribution in [0.1, 0.15) is 0 Å². The molecule has 4 aromatic rings. The average Bonchev–Trinajstić information content (AvgIpc) is 2.93. The fourth-order valence-electron chi connectivity index (χ4n) is 3.42. The van der Waals surface area contributed by atoms with Gasteiger partial charge in [0.25, 0.3) is 20.2 Å². The summed E-state index contributed by atoms with van der Waals surface area (Å²) in [6, 6.07) is 17.4. The summed E-state index contributed by atoms with van der Waals surface area (Å²) in [4.78, 5) is 24.2. The van der Waals surface area contributed by atoms with E-state index in [2.05, 4.69) is 26.4 Å². The highest BCUT2D eigenvalue weighted by atomic mass is 32.2. The Hall–Kier alpha value is -4.90. The molecule has 0 atom stereocenters. The Bertz CT molecular complexity index is 2040. The van der Waals surface area contributed by atoms with Crippen molar-refractivity contribution in [2.75, 3.05) is 23.3 Å². The van der Waals surface area contributed by atoms with Crippen LogP contribution in [0.3, 0.4) is 0 Å². The van der Waals surface area contributed by atoms with Crippen molar-refractivity contribution in [3.8, 4) is 5.75 Å². The van der Waals surface area contributed by atoms with E-state index in [1.807, 2.05) is 0 Å². The molecule has 0 radical (unpaired) electrons. The molecule has 0 aromatic heterocycles. The van der Waals surface area contributed by atoms with Gasteiger partial charge in [-0.05, 0) is 78.9 Å². The zero-order valence-electron chi connectivity index (χ0n) is 21.0. The molecule has 0 aliphatic carbocycles. The Balaban J connectivity index is 1.61. The highest BCUT2D eigenvalue weighted by Crippen LogP contribution is 2.28. The number of methoxy groups -OCH3 is 1. The van der Waals surface area contributed by atoms with Crippen LogP contribution in [0.2, 0.25) is 0 Å². The van der Waals surface area contributed by atoms with Crippen LogP contribution in [0.5, 0.6) is 5.75 Å². The van der Waals surface area contributed by atoms with E-state index in [4.69, 9.17) is 9.29 Å². The van der Waals surface area contributed by atoms with Gasteiger partial charge in [-0.15, -0.1) is 0 Å². The van der Waals surface area contributed by atoms with Crippen LogP contribution in [-0.4, -0.2) is 33.1 Å². The lowest BCUT2D eigenvalue weighted by atomic mass is 10.2. The summed E-state index contributed by atoms with van der Waals surface area (Å²) in [6.07, 6.45) is 0. The summed E-state index contributed by atoms with van der Waals surface area (Å²) >= 11 is 0. The molecule has 5 N–H and O–H groups in total.